The number of hydrogen-bond donors (Lipinski definition) is 2. The Morgan fingerprint density at radius 3 is 2.87 bits per heavy atom. The van der Waals surface area contributed by atoms with Gasteiger partial charge in [0.05, 0.1) is 11.7 Å². The van der Waals surface area contributed by atoms with E-state index >= 15 is 0 Å². The van der Waals surface area contributed by atoms with Crippen LogP contribution in [-0.2, 0) is 0 Å². The van der Waals surface area contributed by atoms with Gasteiger partial charge in [0.15, 0.2) is 5.69 Å². The highest BCUT2D eigenvalue weighted by molar-refractivity contribution is 9.09. The van der Waals surface area contributed by atoms with Crippen molar-refractivity contribution in [3.05, 3.63) is 11.9 Å². The fraction of sp³-hybridized carbons (Fsp3) is 0.667. The molecule has 0 aliphatic heterocycles. The summed E-state index contributed by atoms with van der Waals surface area (Å²) < 4.78 is 0. The fourth-order valence-electron chi connectivity index (χ4n) is 1.96. The Labute approximate surface area is 96.1 Å². The second-order valence-electron chi connectivity index (χ2n) is 3.93. The molecule has 6 heteroatoms. The predicted molar refractivity (Wildman–Crippen MR) is 58.8 cm³/mol. The standard InChI is InChI=1S/C9H13BrN4O/c10-6-9(3-1-2-4-9)12-8(15)7-5-11-14-13-7/h5H,1-4,6H2,(H,12,15)(H,11,13,14). The molecule has 1 saturated carbocycles. The molecule has 0 aromatic carbocycles. The third-order valence-electron chi connectivity index (χ3n) is 2.84. The molecule has 0 saturated heterocycles. The van der Waals surface area contributed by atoms with E-state index in [1.54, 1.807) is 0 Å². The van der Waals surface area contributed by atoms with Gasteiger partial charge in [-0.25, -0.2) is 0 Å². The van der Waals surface area contributed by atoms with Crippen LogP contribution in [0.4, 0.5) is 0 Å². The normalized spacial score (nSPS) is 19.0. The van der Waals surface area contributed by atoms with Gasteiger partial charge in [-0.15, -0.1) is 0 Å². The minimum atomic E-state index is -0.148. The lowest BCUT2D eigenvalue weighted by Gasteiger charge is -2.27. The van der Waals surface area contributed by atoms with Gasteiger partial charge >= 0.3 is 0 Å². The molecule has 82 valence electrons. The van der Waals surface area contributed by atoms with E-state index in [2.05, 4.69) is 36.7 Å². The van der Waals surface area contributed by atoms with E-state index in [9.17, 15) is 4.79 Å². The number of carbonyl (C=O) groups excluding carboxylic acids is 1. The summed E-state index contributed by atoms with van der Waals surface area (Å²) in [7, 11) is 0. The van der Waals surface area contributed by atoms with Crippen LogP contribution in [0.15, 0.2) is 6.20 Å². The molecule has 1 aromatic heterocycles. The summed E-state index contributed by atoms with van der Waals surface area (Å²) in [6, 6.07) is 0. The van der Waals surface area contributed by atoms with Gasteiger partial charge in [0.25, 0.3) is 5.91 Å². The van der Waals surface area contributed by atoms with Crippen molar-refractivity contribution in [3.8, 4) is 0 Å². The number of hydrogen-bond acceptors (Lipinski definition) is 3. The van der Waals surface area contributed by atoms with E-state index in [4.69, 9.17) is 0 Å². The minimum absolute atomic E-state index is 0.0873. The van der Waals surface area contributed by atoms with Gasteiger partial charge in [0.2, 0.25) is 0 Å². The minimum Gasteiger partial charge on any atom is -0.344 e. The van der Waals surface area contributed by atoms with Crippen molar-refractivity contribution >= 4 is 21.8 Å². The molecule has 5 nitrogen and oxygen atoms in total. The quantitative estimate of drug-likeness (QED) is 0.814. The van der Waals surface area contributed by atoms with Gasteiger partial charge < -0.3 is 5.32 Å². The van der Waals surface area contributed by atoms with E-state index in [1.165, 1.54) is 19.0 Å². The van der Waals surface area contributed by atoms with Crippen LogP contribution in [0.25, 0.3) is 0 Å². The van der Waals surface area contributed by atoms with Gasteiger partial charge in [-0.1, -0.05) is 28.8 Å². The number of alkyl halides is 1. The zero-order chi connectivity index (χ0) is 10.7. The fourth-order valence-corrected chi connectivity index (χ4v) is 2.66. The Bertz CT molecular complexity index is 332. The van der Waals surface area contributed by atoms with Crippen LogP contribution in [0, 0.1) is 0 Å². The van der Waals surface area contributed by atoms with Crippen LogP contribution in [0.3, 0.4) is 0 Å². The summed E-state index contributed by atoms with van der Waals surface area (Å²) in [6.45, 7) is 0. The molecule has 1 aliphatic rings. The average molecular weight is 273 g/mol. The molecule has 1 aromatic rings. The summed E-state index contributed by atoms with van der Waals surface area (Å²) in [5, 5.41) is 13.6. The molecule has 1 fully saturated rings. The van der Waals surface area contributed by atoms with Crippen molar-refractivity contribution in [3.63, 3.8) is 0 Å². The molecule has 1 heterocycles. The second kappa shape index (κ2) is 4.30. The third-order valence-corrected chi connectivity index (χ3v) is 3.92. The van der Waals surface area contributed by atoms with Crippen LogP contribution >= 0.6 is 15.9 Å². The van der Waals surface area contributed by atoms with Gasteiger partial charge in [-0.2, -0.15) is 15.4 Å². The summed E-state index contributed by atoms with van der Waals surface area (Å²) in [6.07, 6.45) is 5.84. The van der Waals surface area contributed by atoms with Crippen LogP contribution in [0.1, 0.15) is 36.2 Å². The number of amides is 1. The lowest BCUT2D eigenvalue weighted by Crippen LogP contribution is -2.47. The SMILES string of the molecule is O=C(NC1(CBr)CCCC1)c1cn[nH]n1. The lowest BCUT2D eigenvalue weighted by atomic mass is 10.0. The van der Waals surface area contributed by atoms with Crippen molar-refractivity contribution in [2.24, 2.45) is 0 Å². The number of halogens is 1. The molecular formula is C9H13BrN4O. The number of H-pyrrole nitrogens is 1. The lowest BCUT2D eigenvalue weighted by molar-refractivity contribution is 0.0905. The van der Waals surface area contributed by atoms with Gasteiger partial charge in [-0.05, 0) is 12.8 Å². The topological polar surface area (TPSA) is 70.7 Å². The van der Waals surface area contributed by atoms with E-state index in [0.717, 1.165) is 18.2 Å². The van der Waals surface area contributed by atoms with Crippen molar-refractivity contribution in [2.45, 2.75) is 31.2 Å². The number of aromatic amines is 1. The maximum Gasteiger partial charge on any atom is 0.273 e. The molecule has 2 rings (SSSR count). The largest absolute Gasteiger partial charge is 0.344 e. The summed E-state index contributed by atoms with van der Waals surface area (Å²) >= 11 is 3.47. The number of nitrogens with zero attached hydrogens (tertiary/aromatic N) is 2. The van der Waals surface area contributed by atoms with E-state index in [0.29, 0.717) is 5.69 Å². The van der Waals surface area contributed by atoms with Gasteiger partial charge in [0, 0.05) is 5.33 Å². The molecule has 1 amide bonds. The molecule has 1 aliphatic carbocycles. The molecule has 0 bridgehead atoms. The van der Waals surface area contributed by atoms with Crippen LogP contribution in [-0.4, -0.2) is 32.2 Å². The Morgan fingerprint density at radius 1 is 1.60 bits per heavy atom. The molecule has 0 unspecified atom stereocenters. The van der Waals surface area contributed by atoms with E-state index < -0.39 is 0 Å². The Morgan fingerprint density at radius 2 is 2.33 bits per heavy atom. The molecule has 0 spiro atoms. The first-order valence-corrected chi connectivity index (χ1v) is 6.12. The zero-order valence-corrected chi connectivity index (χ0v) is 9.88. The van der Waals surface area contributed by atoms with Crippen LogP contribution in [0.5, 0.6) is 0 Å². The van der Waals surface area contributed by atoms with Gasteiger partial charge in [0.1, 0.15) is 0 Å². The summed E-state index contributed by atoms with van der Waals surface area (Å²) in [5.74, 6) is -0.148. The second-order valence-corrected chi connectivity index (χ2v) is 4.49. The molecule has 0 radical (unpaired) electrons. The van der Waals surface area contributed by atoms with Gasteiger partial charge in [-0.3, -0.25) is 4.79 Å². The number of aromatic nitrogens is 3. The van der Waals surface area contributed by atoms with Crippen LogP contribution in [0.2, 0.25) is 0 Å². The molecule has 0 atom stereocenters. The Balaban J connectivity index is 2.04. The maximum absolute atomic E-state index is 11.8. The first-order chi connectivity index (χ1) is 7.26. The molecule has 15 heavy (non-hydrogen) atoms. The third kappa shape index (κ3) is 2.19. The van der Waals surface area contributed by atoms with E-state index in [1.807, 2.05) is 0 Å². The highest BCUT2D eigenvalue weighted by Crippen LogP contribution is 2.31. The number of carbonyl (C=O) groups is 1. The van der Waals surface area contributed by atoms with Crippen molar-refractivity contribution in [2.75, 3.05) is 5.33 Å². The van der Waals surface area contributed by atoms with Crippen molar-refractivity contribution < 1.29 is 4.79 Å². The Kier molecular flexibility index (Phi) is 3.04. The zero-order valence-electron chi connectivity index (χ0n) is 8.29. The highest BCUT2D eigenvalue weighted by atomic mass is 79.9. The first kappa shape index (κ1) is 10.6. The van der Waals surface area contributed by atoms with E-state index in [-0.39, 0.29) is 11.4 Å². The van der Waals surface area contributed by atoms with Crippen molar-refractivity contribution in [1.29, 1.82) is 0 Å². The predicted octanol–water partition coefficient (Wildman–Crippen LogP) is 1.24. The number of rotatable bonds is 3. The van der Waals surface area contributed by atoms with Crippen LogP contribution < -0.4 is 5.32 Å². The maximum atomic E-state index is 11.8. The average Bonchev–Trinajstić information content (AvgIpc) is 2.88. The summed E-state index contributed by atoms with van der Waals surface area (Å²) in [4.78, 5) is 11.8. The molecule has 2 N–H and O–H groups in total. The highest BCUT2D eigenvalue weighted by Gasteiger charge is 2.34. The first-order valence-electron chi connectivity index (χ1n) is 5.00. The smallest absolute Gasteiger partial charge is 0.273 e. The molecular weight excluding hydrogens is 260 g/mol. The summed E-state index contributed by atoms with van der Waals surface area (Å²) in [5.41, 5.74) is 0.262. The Hall–Kier alpha value is -0.910. The monoisotopic (exact) mass is 272 g/mol. The number of nitrogens with one attached hydrogen (secondary N) is 2. The van der Waals surface area contributed by atoms with Crippen molar-refractivity contribution in [1.82, 2.24) is 20.7 Å².